The Hall–Kier alpha value is -3.20. The highest BCUT2D eigenvalue weighted by molar-refractivity contribution is 5.82. The van der Waals surface area contributed by atoms with Crippen LogP contribution in [0.2, 0.25) is 0 Å². The van der Waals surface area contributed by atoms with Gasteiger partial charge in [-0.1, -0.05) is 6.07 Å². The summed E-state index contributed by atoms with van der Waals surface area (Å²) in [7, 11) is 1.92. The molecular formula is C26H30FN3O5. The number of aryl methyl sites for hydroxylation is 1. The van der Waals surface area contributed by atoms with E-state index in [0.717, 1.165) is 11.3 Å². The fraction of sp³-hybridized carbons (Fsp3) is 0.500. The van der Waals surface area contributed by atoms with Crippen molar-refractivity contribution in [2.24, 2.45) is 13.0 Å². The number of alkyl halides is 1. The summed E-state index contributed by atoms with van der Waals surface area (Å²) in [5.41, 5.74) is 2.97. The van der Waals surface area contributed by atoms with E-state index in [4.69, 9.17) is 14.3 Å². The van der Waals surface area contributed by atoms with Crippen LogP contribution in [0.25, 0.3) is 22.7 Å². The lowest BCUT2D eigenvalue weighted by Gasteiger charge is -2.29. The van der Waals surface area contributed by atoms with Gasteiger partial charge >= 0.3 is 5.97 Å². The minimum Gasteiger partial charge on any atom is -0.481 e. The van der Waals surface area contributed by atoms with Crippen LogP contribution >= 0.6 is 0 Å². The average Bonchev–Trinajstić information content (AvgIpc) is 3.55. The van der Waals surface area contributed by atoms with Gasteiger partial charge in [-0.25, -0.2) is 9.37 Å². The van der Waals surface area contributed by atoms with Gasteiger partial charge in [-0.15, -0.1) is 0 Å². The van der Waals surface area contributed by atoms with Crippen molar-refractivity contribution in [3.05, 3.63) is 42.1 Å². The fourth-order valence-electron chi connectivity index (χ4n) is 5.19. The SMILES string of the molecule is Cn1cccc1-c1nc2ccc(CC(=O)N3C[C@@H](F)C[C@H]3CO[C@H]3CC[C@H](C(=O)O)CC3)cc2o1. The Morgan fingerprint density at radius 3 is 2.74 bits per heavy atom. The first kappa shape index (κ1) is 23.5. The zero-order valence-electron chi connectivity index (χ0n) is 19.7. The molecule has 186 valence electrons. The number of aliphatic carboxylic acids is 1. The molecule has 0 bridgehead atoms. The lowest BCUT2D eigenvalue weighted by atomic mass is 9.87. The van der Waals surface area contributed by atoms with E-state index in [-0.39, 0.29) is 50.0 Å². The topological polar surface area (TPSA) is 97.8 Å². The molecule has 3 aromatic rings. The predicted octanol–water partition coefficient (Wildman–Crippen LogP) is 3.97. The first-order valence-corrected chi connectivity index (χ1v) is 12.2. The first-order valence-electron chi connectivity index (χ1n) is 12.2. The van der Waals surface area contributed by atoms with Crippen LogP contribution in [0.3, 0.4) is 0 Å². The quantitative estimate of drug-likeness (QED) is 0.546. The maximum atomic E-state index is 14.3. The van der Waals surface area contributed by atoms with Gasteiger partial charge in [0.15, 0.2) is 5.58 Å². The highest BCUT2D eigenvalue weighted by atomic mass is 19.1. The largest absolute Gasteiger partial charge is 0.481 e. The third-order valence-electron chi connectivity index (χ3n) is 7.20. The highest BCUT2D eigenvalue weighted by Gasteiger charge is 2.36. The molecule has 3 heterocycles. The second-order valence-electron chi connectivity index (χ2n) is 9.68. The molecular weight excluding hydrogens is 453 g/mol. The van der Waals surface area contributed by atoms with Crippen molar-refractivity contribution in [2.75, 3.05) is 13.2 Å². The number of ether oxygens (including phenoxy) is 1. The van der Waals surface area contributed by atoms with Crippen molar-refractivity contribution in [3.63, 3.8) is 0 Å². The van der Waals surface area contributed by atoms with Crippen LogP contribution in [0.15, 0.2) is 40.9 Å². The van der Waals surface area contributed by atoms with Crippen LogP contribution in [0.1, 0.15) is 37.7 Å². The van der Waals surface area contributed by atoms with Gasteiger partial charge < -0.3 is 23.7 Å². The number of benzene rings is 1. The Morgan fingerprint density at radius 1 is 1.23 bits per heavy atom. The normalized spacial score (nSPS) is 24.8. The summed E-state index contributed by atoms with van der Waals surface area (Å²) in [4.78, 5) is 30.4. The summed E-state index contributed by atoms with van der Waals surface area (Å²) in [6.45, 7) is 0.344. The van der Waals surface area contributed by atoms with Crippen LogP contribution in [-0.2, 0) is 27.8 Å². The standard InChI is InChI=1S/C26H30FN3O5/c1-29-10-2-3-22(29)25-28-21-9-4-16(11-23(21)35-25)12-24(31)30-14-18(27)13-19(30)15-34-20-7-5-17(6-8-20)26(32)33/h2-4,9-11,17-20H,5-8,12-15H2,1H3,(H,32,33)/t17-,18-,19-,20-/m0/s1. The molecule has 1 aliphatic carbocycles. The number of carboxylic acids is 1. The number of halogens is 1. The van der Waals surface area contributed by atoms with Crippen LogP contribution in [0.5, 0.6) is 0 Å². The van der Waals surface area contributed by atoms with Gasteiger partial charge in [-0.2, -0.15) is 0 Å². The number of aromatic nitrogens is 2. The molecule has 8 nitrogen and oxygen atoms in total. The molecule has 35 heavy (non-hydrogen) atoms. The van der Waals surface area contributed by atoms with E-state index < -0.39 is 12.1 Å². The maximum Gasteiger partial charge on any atom is 0.306 e. The smallest absolute Gasteiger partial charge is 0.306 e. The molecule has 0 unspecified atom stereocenters. The molecule has 2 fully saturated rings. The zero-order valence-corrected chi connectivity index (χ0v) is 19.7. The third kappa shape index (κ3) is 5.10. The van der Waals surface area contributed by atoms with Gasteiger partial charge in [0, 0.05) is 19.7 Å². The number of hydrogen-bond acceptors (Lipinski definition) is 5. The van der Waals surface area contributed by atoms with Crippen LogP contribution in [0.4, 0.5) is 4.39 Å². The average molecular weight is 484 g/mol. The van der Waals surface area contributed by atoms with E-state index in [1.807, 2.05) is 48.1 Å². The molecule has 0 radical (unpaired) electrons. The van der Waals surface area contributed by atoms with Gasteiger partial charge in [0.05, 0.1) is 37.6 Å². The molecule has 5 rings (SSSR count). The second-order valence-corrected chi connectivity index (χ2v) is 9.68. The Morgan fingerprint density at radius 2 is 2.03 bits per heavy atom. The van der Waals surface area contributed by atoms with Gasteiger partial charge in [0.2, 0.25) is 11.8 Å². The van der Waals surface area contributed by atoms with Crippen LogP contribution in [-0.4, -0.2) is 62.9 Å². The Labute approximate surface area is 202 Å². The van der Waals surface area contributed by atoms with Gasteiger partial charge in [-0.05, 0) is 55.5 Å². The summed E-state index contributed by atoms with van der Waals surface area (Å²) in [5.74, 6) is -0.684. The van der Waals surface area contributed by atoms with Crippen molar-refractivity contribution >= 4 is 23.0 Å². The molecule has 1 saturated heterocycles. The number of rotatable bonds is 7. The number of amides is 1. The summed E-state index contributed by atoms with van der Waals surface area (Å²) in [6.07, 6.45) is 3.76. The second kappa shape index (κ2) is 9.81. The molecule has 1 N–H and O–H groups in total. The number of fused-ring (bicyclic) bond motifs is 1. The van der Waals surface area contributed by atoms with Crippen molar-refractivity contribution < 1.29 is 28.2 Å². The van der Waals surface area contributed by atoms with Crippen molar-refractivity contribution in [1.29, 1.82) is 0 Å². The summed E-state index contributed by atoms with van der Waals surface area (Å²) < 4.78 is 28.1. The lowest BCUT2D eigenvalue weighted by molar-refractivity contribution is -0.144. The van der Waals surface area contributed by atoms with Crippen LogP contribution < -0.4 is 0 Å². The highest BCUT2D eigenvalue weighted by Crippen LogP contribution is 2.29. The summed E-state index contributed by atoms with van der Waals surface area (Å²) in [5, 5.41) is 9.15. The lowest BCUT2D eigenvalue weighted by Crippen LogP contribution is -2.40. The number of likely N-dealkylation sites (tertiary alicyclic amines) is 1. The molecule has 1 aliphatic heterocycles. The molecule has 9 heteroatoms. The van der Waals surface area contributed by atoms with Crippen LogP contribution in [0, 0.1) is 5.92 Å². The van der Waals surface area contributed by atoms with Gasteiger partial charge in [0.25, 0.3) is 0 Å². The predicted molar refractivity (Wildman–Crippen MR) is 126 cm³/mol. The van der Waals surface area contributed by atoms with E-state index in [1.165, 1.54) is 0 Å². The van der Waals surface area contributed by atoms with E-state index in [2.05, 4.69) is 4.98 Å². The number of carbonyl (C=O) groups is 2. The summed E-state index contributed by atoms with van der Waals surface area (Å²) >= 11 is 0. The first-order chi connectivity index (χ1) is 16.9. The van der Waals surface area contributed by atoms with Crippen molar-refractivity contribution in [3.8, 4) is 11.6 Å². The maximum absolute atomic E-state index is 14.3. The Bertz CT molecular complexity index is 1210. The number of carbonyl (C=O) groups excluding carboxylic acids is 1. The monoisotopic (exact) mass is 483 g/mol. The van der Waals surface area contributed by atoms with E-state index >= 15 is 0 Å². The third-order valence-corrected chi connectivity index (χ3v) is 7.20. The van der Waals surface area contributed by atoms with E-state index in [0.29, 0.717) is 42.7 Å². The van der Waals surface area contributed by atoms with E-state index in [1.54, 1.807) is 4.90 Å². The fourth-order valence-corrected chi connectivity index (χ4v) is 5.19. The minimum absolute atomic E-state index is 0.0338. The molecule has 2 aliphatic rings. The number of hydrogen-bond donors (Lipinski definition) is 1. The molecule has 2 aromatic heterocycles. The van der Waals surface area contributed by atoms with Crippen molar-refractivity contribution in [2.45, 2.75) is 56.8 Å². The Balaban J connectivity index is 1.21. The molecule has 1 aromatic carbocycles. The minimum atomic E-state index is -1.07. The Kier molecular flexibility index (Phi) is 6.60. The van der Waals surface area contributed by atoms with E-state index in [9.17, 15) is 14.0 Å². The van der Waals surface area contributed by atoms with Crippen molar-refractivity contribution in [1.82, 2.24) is 14.5 Å². The number of nitrogens with zero attached hydrogens (tertiary/aromatic N) is 3. The number of carboxylic acid groups (broad SMARTS) is 1. The number of oxazole rings is 1. The summed E-state index contributed by atoms with van der Waals surface area (Å²) in [6, 6.07) is 9.05. The molecule has 1 amide bonds. The van der Waals surface area contributed by atoms with Gasteiger partial charge in [0.1, 0.15) is 17.4 Å². The molecule has 0 spiro atoms. The molecule has 2 atom stereocenters. The van der Waals surface area contributed by atoms with Gasteiger partial charge in [-0.3, -0.25) is 9.59 Å². The zero-order chi connectivity index (χ0) is 24.5. The molecule has 1 saturated carbocycles.